The smallest absolute Gasteiger partial charge is 0.172 e. The average Bonchev–Trinajstić information content (AvgIpc) is 3.17. The number of fused-ring (bicyclic) bond motifs is 4. The molecular formula is C42H29N4OP. The molecule has 5 aromatic carbocycles. The standard InChI is InChI=1S/C34H23N2OP.C8H6N2/c37-38(32-15-5-10-24-8-1-3-13-29(24)32,33-16-6-11-25-9-2-4-14-30(25)33)28-20-17-26(18-21-28)31-22-19-27-12-7-23-35-34(27)36-31;1-3-7-4-2-6-10-8(7)9-5-1/h1-23H;1-6H. The van der Waals surface area contributed by atoms with Gasteiger partial charge in [0.1, 0.15) is 0 Å². The van der Waals surface area contributed by atoms with Gasteiger partial charge in [0.05, 0.1) is 5.69 Å². The fourth-order valence-electron chi connectivity index (χ4n) is 6.24. The highest BCUT2D eigenvalue weighted by Gasteiger charge is 2.33. The van der Waals surface area contributed by atoms with Crippen molar-refractivity contribution in [2.24, 2.45) is 0 Å². The molecule has 9 rings (SSSR count). The van der Waals surface area contributed by atoms with Crippen molar-refractivity contribution in [3.05, 3.63) is 176 Å². The van der Waals surface area contributed by atoms with Gasteiger partial charge < -0.3 is 4.57 Å². The van der Waals surface area contributed by atoms with Crippen LogP contribution < -0.4 is 15.9 Å². The Balaban J connectivity index is 0.000000287. The highest BCUT2D eigenvalue weighted by atomic mass is 31.2. The molecule has 0 spiro atoms. The van der Waals surface area contributed by atoms with E-state index in [1.807, 2.05) is 121 Å². The minimum Gasteiger partial charge on any atom is -0.309 e. The molecule has 0 aliphatic carbocycles. The third-order valence-electron chi connectivity index (χ3n) is 8.58. The quantitative estimate of drug-likeness (QED) is 0.181. The van der Waals surface area contributed by atoms with E-state index in [0.717, 1.165) is 65.1 Å². The van der Waals surface area contributed by atoms with Crippen molar-refractivity contribution < 1.29 is 4.57 Å². The van der Waals surface area contributed by atoms with E-state index < -0.39 is 7.14 Å². The number of pyridine rings is 4. The molecule has 0 N–H and O–H groups in total. The number of nitrogens with zero attached hydrogens (tertiary/aromatic N) is 4. The summed E-state index contributed by atoms with van der Waals surface area (Å²) < 4.78 is 15.6. The summed E-state index contributed by atoms with van der Waals surface area (Å²) in [7, 11) is -3.25. The Bertz CT molecular complexity index is 2460. The second-order valence-corrected chi connectivity index (χ2v) is 14.2. The first-order valence-electron chi connectivity index (χ1n) is 15.7. The van der Waals surface area contributed by atoms with Crippen LogP contribution in [0.25, 0.3) is 54.9 Å². The van der Waals surface area contributed by atoms with Crippen LogP contribution in [0.15, 0.2) is 176 Å². The summed E-state index contributed by atoms with van der Waals surface area (Å²) in [5, 5.41) is 8.78. The summed E-state index contributed by atoms with van der Waals surface area (Å²) in [5.74, 6) is 0. The van der Waals surface area contributed by atoms with E-state index in [1.54, 1.807) is 18.6 Å². The third-order valence-corrected chi connectivity index (χ3v) is 11.7. The third kappa shape index (κ3) is 5.41. The van der Waals surface area contributed by atoms with Crippen molar-refractivity contribution >= 4 is 66.7 Å². The Morgan fingerprint density at radius 1 is 0.396 bits per heavy atom. The van der Waals surface area contributed by atoms with Crippen LogP contribution in [0.4, 0.5) is 0 Å². The Hall–Kier alpha value is -6.03. The molecule has 0 radical (unpaired) electrons. The number of benzene rings is 5. The van der Waals surface area contributed by atoms with Gasteiger partial charge in [0.15, 0.2) is 18.4 Å². The van der Waals surface area contributed by atoms with Crippen molar-refractivity contribution in [3.8, 4) is 11.3 Å². The maximum Gasteiger partial charge on any atom is 0.172 e. The molecule has 9 aromatic rings. The maximum absolute atomic E-state index is 15.6. The fraction of sp³-hybridized carbons (Fsp3) is 0. The van der Waals surface area contributed by atoms with Crippen molar-refractivity contribution in [2.75, 3.05) is 0 Å². The van der Waals surface area contributed by atoms with Gasteiger partial charge in [-0.1, -0.05) is 109 Å². The van der Waals surface area contributed by atoms with E-state index in [1.165, 1.54) is 0 Å². The molecule has 0 amide bonds. The number of hydrogen-bond acceptors (Lipinski definition) is 5. The summed E-state index contributed by atoms with van der Waals surface area (Å²) in [6.07, 6.45) is 5.25. The highest BCUT2D eigenvalue weighted by molar-refractivity contribution is 7.86. The number of rotatable bonds is 4. The largest absolute Gasteiger partial charge is 0.309 e. The molecule has 0 atom stereocenters. The minimum absolute atomic E-state index is 0.714. The fourth-order valence-corrected chi connectivity index (χ4v) is 9.30. The van der Waals surface area contributed by atoms with E-state index in [4.69, 9.17) is 4.98 Å². The first-order valence-corrected chi connectivity index (χ1v) is 17.4. The molecule has 0 saturated heterocycles. The van der Waals surface area contributed by atoms with Gasteiger partial charge in [-0.15, -0.1) is 0 Å². The number of aromatic nitrogens is 4. The van der Waals surface area contributed by atoms with Crippen LogP contribution in [0.3, 0.4) is 0 Å². The molecular weight excluding hydrogens is 607 g/mol. The Morgan fingerprint density at radius 3 is 1.44 bits per heavy atom. The summed E-state index contributed by atoms with van der Waals surface area (Å²) in [6, 6.07) is 52.4. The van der Waals surface area contributed by atoms with Gasteiger partial charge in [0.2, 0.25) is 0 Å². The van der Waals surface area contributed by atoms with Gasteiger partial charge in [-0.2, -0.15) is 0 Å². The van der Waals surface area contributed by atoms with Gasteiger partial charge in [-0.05, 0) is 70.1 Å². The predicted molar refractivity (Wildman–Crippen MR) is 199 cm³/mol. The van der Waals surface area contributed by atoms with Crippen molar-refractivity contribution in [1.82, 2.24) is 19.9 Å². The lowest BCUT2D eigenvalue weighted by Gasteiger charge is -2.23. The van der Waals surface area contributed by atoms with Crippen LogP contribution in [0.2, 0.25) is 0 Å². The second-order valence-electron chi connectivity index (χ2n) is 11.5. The van der Waals surface area contributed by atoms with Crippen LogP contribution in [0.1, 0.15) is 0 Å². The summed E-state index contributed by atoms with van der Waals surface area (Å²) in [5.41, 5.74) is 3.33. The van der Waals surface area contributed by atoms with Crippen LogP contribution in [0.5, 0.6) is 0 Å². The van der Waals surface area contributed by atoms with E-state index in [0.29, 0.717) is 5.65 Å². The molecule has 0 aliphatic rings. The molecule has 0 saturated carbocycles. The predicted octanol–water partition coefficient (Wildman–Crippen LogP) is 8.87. The highest BCUT2D eigenvalue weighted by Crippen LogP contribution is 2.46. The maximum atomic E-state index is 15.6. The van der Waals surface area contributed by atoms with Crippen LogP contribution in [-0.2, 0) is 4.57 Å². The lowest BCUT2D eigenvalue weighted by atomic mass is 10.1. The van der Waals surface area contributed by atoms with E-state index in [9.17, 15) is 0 Å². The molecule has 48 heavy (non-hydrogen) atoms. The summed E-state index contributed by atoms with van der Waals surface area (Å²) in [4.78, 5) is 17.3. The molecule has 6 heteroatoms. The first kappa shape index (κ1) is 29.4. The van der Waals surface area contributed by atoms with Crippen molar-refractivity contribution in [3.63, 3.8) is 0 Å². The van der Waals surface area contributed by atoms with E-state index in [2.05, 4.69) is 51.4 Å². The number of hydrogen-bond donors (Lipinski definition) is 0. The molecule has 5 nitrogen and oxygen atoms in total. The SMILES string of the molecule is O=P(c1ccc(-c2ccc3cccnc3n2)cc1)(c1cccc2ccccc12)c1cccc2ccccc12.c1cnc2ncccc2c1. The molecule has 4 aromatic heterocycles. The minimum atomic E-state index is -3.25. The topological polar surface area (TPSA) is 68.6 Å². The van der Waals surface area contributed by atoms with Crippen molar-refractivity contribution in [2.45, 2.75) is 0 Å². The molecule has 0 bridgehead atoms. The molecule has 228 valence electrons. The zero-order valence-electron chi connectivity index (χ0n) is 25.9. The average molecular weight is 637 g/mol. The second kappa shape index (κ2) is 12.6. The van der Waals surface area contributed by atoms with E-state index in [-0.39, 0.29) is 0 Å². The van der Waals surface area contributed by atoms with Gasteiger partial charge in [-0.25, -0.2) is 19.9 Å². The zero-order chi connectivity index (χ0) is 32.3. The Labute approximate surface area is 278 Å². The van der Waals surface area contributed by atoms with Crippen molar-refractivity contribution in [1.29, 1.82) is 0 Å². The van der Waals surface area contributed by atoms with Crippen LogP contribution in [-0.4, -0.2) is 19.9 Å². The van der Waals surface area contributed by atoms with Gasteiger partial charge >= 0.3 is 0 Å². The Kier molecular flexibility index (Phi) is 7.73. The monoisotopic (exact) mass is 636 g/mol. The molecule has 0 unspecified atom stereocenters. The van der Waals surface area contributed by atoms with Crippen LogP contribution >= 0.6 is 7.14 Å². The molecule has 0 aliphatic heterocycles. The summed E-state index contributed by atoms with van der Waals surface area (Å²) in [6.45, 7) is 0. The normalized spacial score (nSPS) is 11.4. The van der Waals surface area contributed by atoms with Gasteiger partial charge in [-0.3, -0.25) is 0 Å². The van der Waals surface area contributed by atoms with Crippen LogP contribution in [0, 0.1) is 0 Å². The summed E-state index contributed by atoms with van der Waals surface area (Å²) >= 11 is 0. The lowest BCUT2D eigenvalue weighted by Crippen LogP contribution is -2.26. The van der Waals surface area contributed by atoms with E-state index >= 15 is 4.57 Å². The molecule has 4 heterocycles. The lowest BCUT2D eigenvalue weighted by molar-refractivity contribution is 0.593. The first-order chi connectivity index (χ1) is 23.7. The molecule has 0 fully saturated rings. The zero-order valence-corrected chi connectivity index (χ0v) is 26.8. The van der Waals surface area contributed by atoms with Gasteiger partial charge in [0, 0.05) is 50.8 Å². The van der Waals surface area contributed by atoms with Gasteiger partial charge in [0.25, 0.3) is 0 Å². The Morgan fingerprint density at radius 2 is 0.875 bits per heavy atom.